The van der Waals surface area contributed by atoms with Gasteiger partial charge >= 0.3 is 0 Å². The number of ether oxygens (including phenoxy) is 1. The van der Waals surface area contributed by atoms with E-state index in [-0.39, 0.29) is 6.10 Å². The summed E-state index contributed by atoms with van der Waals surface area (Å²) in [6.07, 6.45) is 10.1. The lowest BCUT2D eigenvalue weighted by Crippen LogP contribution is -2.34. The molecule has 0 radical (unpaired) electrons. The average Bonchev–Trinajstić information content (AvgIpc) is 3.20. The summed E-state index contributed by atoms with van der Waals surface area (Å²) in [6.45, 7) is 0. The van der Waals surface area contributed by atoms with Crippen LogP contribution in [-0.2, 0) is 6.42 Å². The Bertz CT molecular complexity index is 789. The molecule has 6 heteroatoms. The molecule has 1 atom stereocenters. The molecule has 1 fully saturated rings. The summed E-state index contributed by atoms with van der Waals surface area (Å²) in [5.74, 6) is 1.22. The van der Waals surface area contributed by atoms with Gasteiger partial charge in [0.1, 0.15) is 17.3 Å². The van der Waals surface area contributed by atoms with Crippen LogP contribution in [0.2, 0.25) is 0 Å². The van der Waals surface area contributed by atoms with E-state index in [1.165, 1.54) is 10.4 Å². The predicted molar refractivity (Wildman–Crippen MR) is 99.1 cm³/mol. The van der Waals surface area contributed by atoms with Crippen molar-refractivity contribution in [3.63, 3.8) is 0 Å². The van der Waals surface area contributed by atoms with Gasteiger partial charge in [-0.3, -0.25) is 0 Å². The first-order valence-corrected chi connectivity index (χ1v) is 10.1. The average molecular weight is 356 g/mol. The third-order valence-corrected chi connectivity index (χ3v) is 6.83. The van der Waals surface area contributed by atoms with Crippen molar-refractivity contribution in [3.8, 4) is 11.9 Å². The van der Waals surface area contributed by atoms with Gasteiger partial charge in [-0.25, -0.2) is 9.97 Å². The van der Waals surface area contributed by atoms with Gasteiger partial charge in [-0.1, -0.05) is 0 Å². The highest BCUT2D eigenvalue weighted by atomic mass is 32.1. The van der Waals surface area contributed by atoms with E-state index in [4.69, 9.17) is 10.00 Å². The molecule has 4 rings (SSSR count). The van der Waals surface area contributed by atoms with Crippen LogP contribution in [0.15, 0.2) is 6.33 Å². The number of nitriles is 1. The first-order chi connectivity index (χ1) is 12.3. The minimum atomic E-state index is 0.247. The maximum Gasteiger partial charge on any atom is 0.225 e. The minimum Gasteiger partial charge on any atom is -0.474 e. The second kappa shape index (κ2) is 7.27. The Hall–Kier alpha value is -1.71. The highest BCUT2D eigenvalue weighted by Crippen LogP contribution is 2.47. The van der Waals surface area contributed by atoms with Gasteiger partial charge in [0.15, 0.2) is 0 Å². The number of fused-ring (bicyclic) bond motifs is 3. The summed E-state index contributed by atoms with van der Waals surface area (Å²) >= 11 is 1.78. The van der Waals surface area contributed by atoms with E-state index < -0.39 is 0 Å². The first kappa shape index (κ1) is 16.7. The van der Waals surface area contributed by atoms with Crippen LogP contribution >= 0.6 is 11.3 Å². The Morgan fingerprint density at radius 2 is 2.12 bits per heavy atom. The highest BCUT2D eigenvalue weighted by Gasteiger charge is 2.31. The fourth-order valence-corrected chi connectivity index (χ4v) is 5.52. The third-order valence-electron chi connectivity index (χ3n) is 5.66. The topological polar surface area (TPSA) is 70.8 Å². The van der Waals surface area contributed by atoms with Gasteiger partial charge in [0.25, 0.3) is 0 Å². The number of aromatic nitrogens is 2. The number of rotatable bonds is 5. The summed E-state index contributed by atoms with van der Waals surface area (Å²) in [7, 11) is 2.04. The lowest BCUT2D eigenvalue weighted by molar-refractivity contribution is 0.137. The molecule has 0 amide bonds. The van der Waals surface area contributed by atoms with E-state index in [1.54, 1.807) is 17.7 Å². The van der Waals surface area contributed by atoms with Crippen LogP contribution in [0.3, 0.4) is 0 Å². The van der Waals surface area contributed by atoms with Crippen LogP contribution in [0.4, 0.5) is 0 Å². The number of thiophene rings is 1. The van der Waals surface area contributed by atoms with Crippen molar-refractivity contribution in [3.05, 3.63) is 16.8 Å². The summed E-state index contributed by atoms with van der Waals surface area (Å²) in [5, 5.41) is 13.4. The van der Waals surface area contributed by atoms with Crippen LogP contribution in [0.5, 0.6) is 5.88 Å². The molecule has 0 bridgehead atoms. The normalized spacial score (nSPS) is 25.7. The van der Waals surface area contributed by atoms with Crippen molar-refractivity contribution in [2.75, 3.05) is 7.05 Å². The number of aryl methyl sites for hydroxylation is 1. The number of nitrogens with zero attached hydrogens (tertiary/aromatic N) is 3. The quantitative estimate of drug-likeness (QED) is 0.879. The molecule has 0 saturated heterocycles. The summed E-state index contributed by atoms with van der Waals surface area (Å²) in [4.78, 5) is 11.4. The molecule has 2 aromatic rings. The van der Waals surface area contributed by atoms with E-state index >= 15 is 0 Å². The van der Waals surface area contributed by atoms with Crippen molar-refractivity contribution in [1.82, 2.24) is 15.3 Å². The Labute approximate surface area is 152 Å². The van der Waals surface area contributed by atoms with Crippen LogP contribution in [0, 0.1) is 11.3 Å². The van der Waals surface area contributed by atoms with Crippen molar-refractivity contribution in [2.24, 2.45) is 0 Å². The van der Waals surface area contributed by atoms with Crippen LogP contribution in [0.25, 0.3) is 10.2 Å². The third kappa shape index (κ3) is 3.23. The number of hydrogen-bond acceptors (Lipinski definition) is 6. The molecular weight excluding hydrogens is 332 g/mol. The smallest absolute Gasteiger partial charge is 0.225 e. The largest absolute Gasteiger partial charge is 0.474 e. The highest BCUT2D eigenvalue weighted by molar-refractivity contribution is 7.19. The fraction of sp³-hybridized carbons (Fsp3) is 0.632. The standard InChI is InChI=1S/C19H24N4OS/c1-21-13-5-7-14(8-6-13)24-18-17-16-12(3-2-10-20)4-9-15(16)25-19(17)23-11-22-18/h11-14,21H,2-9H2,1H3. The molecule has 2 heterocycles. The van der Waals surface area contributed by atoms with E-state index in [9.17, 15) is 0 Å². The van der Waals surface area contributed by atoms with Gasteiger partial charge in [-0.15, -0.1) is 11.3 Å². The van der Waals surface area contributed by atoms with Gasteiger partial charge in [0, 0.05) is 17.3 Å². The van der Waals surface area contributed by atoms with Crippen LogP contribution in [-0.4, -0.2) is 29.2 Å². The lowest BCUT2D eigenvalue weighted by Gasteiger charge is -2.28. The summed E-state index contributed by atoms with van der Waals surface area (Å²) in [6, 6.07) is 2.91. The van der Waals surface area contributed by atoms with E-state index in [0.717, 1.165) is 61.0 Å². The molecule has 1 unspecified atom stereocenters. The Morgan fingerprint density at radius 3 is 2.88 bits per heavy atom. The number of hydrogen-bond donors (Lipinski definition) is 1. The van der Waals surface area contributed by atoms with Crippen molar-refractivity contribution < 1.29 is 4.74 Å². The van der Waals surface area contributed by atoms with Gasteiger partial charge in [0.2, 0.25) is 5.88 Å². The van der Waals surface area contributed by atoms with Crippen molar-refractivity contribution in [2.45, 2.75) is 69.4 Å². The van der Waals surface area contributed by atoms with E-state index in [1.807, 2.05) is 7.05 Å². The second-order valence-electron chi connectivity index (χ2n) is 7.11. The zero-order chi connectivity index (χ0) is 17.2. The SMILES string of the molecule is CNC1CCC(Oc2ncnc3sc4c(c23)C(CCC#N)CC4)CC1. The second-order valence-corrected chi connectivity index (χ2v) is 8.19. The molecule has 2 aromatic heterocycles. The fourth-order valence-electron chi connectivity index (χ4n) is 4.28. The summed E-state index contributed by atoms with van der Waals surface area (Å²) in [5.41, 5.74) is 1.37. The predicted octanol–water partition coefficient (Wildman–Crippen LogP) is 3.93. The van der Waals surface area contributed by atoms with E-state index in [0.29, 0.717) is 18.4 Å². The Kier molecular flexibility index (Phi) is 4.87. The molecule has 0 spiro atoms. The minimum absolute atomic E-state index is 0.247. The summed E-state index contributed by atoms with van der Waals surface area (Å²) < 4.78 is 6.36. The Morgan fingerprint density at radius 1 is 1.28 bits per heavy atom. The monoisotopic (exact) mass is 356 g/mol. The first-order valence-electron chi connectivity index (χ1n) is 9.27. The van der Waals surface area contributed by atoms with Crippen LogP contribution in [0.1, 0.15) is 61.3 Å². The lowest BCUT2D eigenvalue weighted by atomic mass is 9.93. The molecular formula is C19H24N4OS. The van der Waals surface area contributed by atoms with Crippen molar-refractivity contribution >= 4 is 21.6 Å². The molecule has 1 saturated carbocycles. The van der Waals surface area contributed by atoms with E-state index in [2.05, 4.69) is 21.4 Å². The maximum atomic E-state index is 8.95. The molecule has 0 aliphatic heterocycles. The van der Waals surface area contributed by atoms with Gasteiger partial charge in [-0.05, 0) is 63.5 Å². The molecule has 2 aliphatic carbocycles. The van der Waals surface area contributed by atoms with Gasteiger partial charge in [0.05, 0.1) is 11.5 Å². The van der Waals surface area contributed by atoms with Gasteiger partial charge in [-0.2, -0.15) is 5.26 Å². The molecule has 25 heavy (non-hydrogen) atoms. The molecule has 2 aliphatic rings. The maximum absolute atomic E-state index is 8.95. The molecule has 5 nitrogen and oxygen atoms in total. The molecule has 132 valence electrons. The Balaban J connectivity index is 1.61. The zero-order valence-electron chi connectivity index (χ0n) is 14.6. The zero-order valence-corrected chi connectivity index (χ0v) is 15.4. The van der Waals surface area contributed by atoms with Crippen LogP contribution < -0.4 is 10.1 Å². The molecule has 0 aromatic carbocycles. The molecule has 1 N–H and O–H groups in total. The number of nitrogens with one attached hydrogen (secondary N) is 1. The van der Waals surface area contributed by atoms with Crippen molar-refractivity contribution in [1.29, 1.82) is 5.26 Å². The van der Waals surface area contributed by atoms with Gasteiger partial charge < -0.3 is 10.1 Å².